The van der Waals surface area contributed by atoms with Gasteiger partial charge in [-0.1, -0.05) is 11.3 Å². The number of methoxy groups -OCH3 is 1. The number of aromatic amines is 1. The molecule has 0 saturated carbocycles. The number of nitrogens with zero attached hydrogens (tertiary/aromatic N) is 2. The van der Waals surface area contributed by atoms with Gasteiger partial charge in [-0.2, -0.15) is 0 Å². The molecule has 112 valence electrons. The zero-order valence-electron chi connectivity index (χ0n) is 11.8. The van der Waals surface area contributed by atoms with E-state index >= 15 is 0 Å². The van der Waals surface area contributed by atoms with Crippen LogP contribution in [0, 0.1) is 6.92 Å². The molecule has 1 amide bonds. The van der Waals surface area contributed by atoms with E-state index in [-0.39, 0.29) is 11.0 Å². The Kier molecular flexibility index (Phi) is 3.60. The van der Waals surface area contributed by atoms with Crippen LogP contribution in [0.5, 0.6) is 5.75 Å². The number of hydrogen-bond donors (Lipinski definition) is 2. The van der Waals surface area contributed by atoms with E-state index in [1.807, 2.05) is 0 Å². The Labute approximate surface area is 129 Å². The third-order valence-electron chi connectivity index (χ3n) is 3.08. The number of amides is 1. The molecule has 0 aliphatic carbocycles. The number of aromatic nitrogens is 3. The van der Waals surface area contributed by atoms with E-state index in [1.165, 1.54) is 24.6 Å². The van der Waals surface area contributed by atoms with Gasteiger partial charge >= 0.3 is 0 Å². The molecule has 0 fully saturated rings. The van der Waals surface area contributed by atoms with Crippen molar-refractivity contribution in [3.05, 3.63) is 45.2 Å². The lowest BCUT2D eigenvalue weighted by molar-refractivity contribution is 0.102. The van der Waals surface area contributed by atoms with Crippen molar-refractivity contribution in [2.24, 2.45) is 0 Å². The van der Waals surface area contributed by atoms with E-state index in [2.05, 4.69) is 20.5 Å². The zero-order valence-corrected chi connectivity index (χ0v) is 12.7. The summed E-state index contributed by atoms with van der Waals surface area (Å²) in [5.74, 6) is 0.0254. The number of rotatable bonds is 3. The third-order valence-corrected chi connectivity index (χ3v) is 3.83. The van der Waals surface area contributed by atoms with Crippen LogP contribution in [-0.4, -0.2) is 28.2 Å². The van der Waals surface area contributed by atoms with Gasteiger partial charge in [-0.25, -0.2) is 0 Å². The van der Waals surface area contributed by atoms with E-state index in [4.69, 9.17) is 4.74 Å². The molecule has 2 N–H and O–H groups in total. The summed E-state index contributed by atoms with van der Waals surface area (Å²) < 4.78 is 5.11. The van der Waals surface area contributed by atoms with Crippen LogP contribution in [0.4, 0.5) is 5.13 Å². The van der Waals surface area contributed by atoms with Crippen LogP contribution >= 0.6 is 11.3 Å². The normalized spacial score (nSPS) is 10.6. The number of anilines is 1. The summed E-state index contributed by atoms with van der Waals surface area (Å²) in [6.07, 6.45) is 1.39. The molecule has 3 rings (SSSR count). The maximum Gasteiger partial charge on any atom is 0.262 e. The number of benzene rings is 1. The van der Waals surface area contributed by atoms with Crippen LogP contribution in [-0.2, 0) is 0 Å². The van der Waals surface area contributed by atoms with Gasteiger partial charge in [-0.3, -0.25) is 14.9 Å². The predicted molar refractivity (Wildman–Crippen MR) is 83.7 cm³/mol. The lowest BCUT2D eigenvalue weighted by Crippen LogP contribution is -2.21. The van der Waals surface area contributed by atoms with E-state index in [0.29, 0.717) is 21.8 Å². The number of ether oxygens (including phenoxy) is 1. The highest BCUT2D eigenvalue weighted by molar-refractivity contribution is 7.15. The number of carbonyl (C=O) groups excluding carboxylic acids is 1. The van der Waals surface area contributed by atoms with Gasteiger partial charge in [0, 0.05) is 17.1 Å². The highest BCUT2D eigenvalue weighted by Gasteiger charge is 2.15. The fraction of sp³-hybridized carbons (Fsp3) is 0.143. The summed E-state index contributed by atoms with van der Waals surface area (Å²) in [5, 5.41) is 11.7. The van der Waals surface area contributed by atoms with Gasteiger partial charge in [-0.15, -0.1) is 10.2 Å². The molecule has 1 aromatic carbocycles. The Morgan fingerprint density at radius 1 is 1.36 bits per heavy atom. The van der Waals surface area contributed by atoms with Gasteiger partial charge in [0.15, 0.2) is 0 Å². The lowest BCUT2D eigenvalue weighted by Gasteiger charge is -2.05. The van der Waals surface area contributed by atoms with Gasteiger partial charge in [-0.05, 0) is 25.1 Å². The molecular formula is C14H12N4O3S. The Morgan fingerprint density at radius 3 is 2.86 bits per heavy atom. The highest BCUT2D eigenvalue weighted by atomic mass is 32.1. The smallest absolute Gasteiger partial charge is 0.262 e. The number of nitrogens with one attached hydrogen (secondary N) is 2. The van der Waals surface area contributed by atoms with Crippen LogP contribution in [0.1, 0.15) is 15.4 Å². The summed E-state index contributed by atoms with van der Waals surface area (Å²) in [5.41, 5.74) is 0.272. The Bertz CT molecular complexity index is 916. The number of carbonyl (C=O) groups is 1. The molecule has 0 bridgehead atoms. The average Bonchev–Trinajstić information content (AvgIpc) is 2.92. The van der Waals surface area contributed by atoms with E-state index in [1.54, 1.807) is 25.1 Å². The third kappa shape index (κ3) is 2.56. The fourth-order valence-electron chi connectivity index (χ4n) is 2.00. The van der Waals surface area contributed by atoms with Gasteiger partial charge in [0.1, 0.15) is 16.3 Å². The first-order valence-electron chi connectivity index (χ1n) is 6.39. The van der Waals surface area contributed by atoms with E-state index < -0.39 is 5.91 Å². The Morgan fingerprint density at radius 2 is 2.18 bits per heavy atom. The van der Waals surface area contributed by atoms with Crippen molar-refractivity contribution in [3.63, 3.8) is 0 Å². The molecule has 8 heteroatoms. The van der Waals surface area contributed by atoms with Crippen LogP contribution in [0.25, 0.3) is 10.9 Å². The number of hydrogen-bond acceptors (Lipinski definition) is 6. The minimum Gasteiger partial charge on any atom is -0.497 e. The minimum atomic E-state index is -0.526. The Hall–Kier alpha value is -2.74. The van der Waals surface area contributed by atoms with Crippen molar-refractivity contribution in [2.75, 3.05) is 12.4 Å². The molecule has 0 aliphatic heterocycles. The molecule has 0 aliphatic rings. The number of H-pyrrole nitrogens is 1. The average molecular weight is 316 g/mol. The largest absolute Gasteiger partial charge is 0.497 e. The van der Waals surface area contributed by atoms with Crippen molar-refractivity contribution in [1.82, 2.24) is 15.2 Å². The van der Waals surface area contributed by atoms with Gasteiger partial charge in [0.2, 0.25) is 10.6 Å². The van der Waals surface area contributed by atoms with Crippen molar-refractivity contribution in [3.8, 4) is 5.75 Å². The molecule has 0 atom stereocenters. The summed E-state index contributed by atoms with van der Waals surface area (Å²) in [6.45, 7) is 1.78. The molecule has 0 saturated heterocycles. The highest BCUT2D eigenvalue weighted by Crippen LogP contribution is 2.18. The lowest BCUT2D eigenvalue weighted by atomic mass is 10.1. The monoisotopic (exact) mass is 316 g/mol. The SMILES string of the molecule is COc1ccc2[nH]cc(C(=O)Nc3nnc(C)s3)c(=O)c2c1. The first-order chi connectivity index (χ1) is 10.6. The molecule has 2 aromatic heterocycles. The summed E-state index contributed by atoms with van der Waals surface area (Å²) in [4.78, 5) is 27.6. The second-order valence-corrected chi connectivity index (χ2v) is 5.70. The first kappa shape index (κ1) is 14.2. The molecule has 22 heavy (non-hydrogen) atoms. The zero-order chi connectivity index (χ0) is 15.7. The molecule has 0 spiro atoms. The van der Waals surface area contributed by atoms with Crippen molar-refractivity contribution in [2.45, 2.75) is 6.92 Å². The second-order valence-electron chi connectivity index (χ2n) is 4.52. The molecule has 2 heterocycles. The molecule has 0 radical (unpaired) electrons. The summed E-state index contributed by atoms with van der Waals surface area (Å²) in [7, 11) is 1.52. The van der Waals surface area contributed by atoms with Crippen molar-refractivity contribution < 1.29 is 9.53 Å². The molecular weight excluding hydrogens is 304 g/mol. The minimum absolute atomic E-state index is 0.00797. The van der Waals surface area contributed by atoms with Crippen LogP contribution < -0.4 is 15.5 Å². The fourth-order valence-corrected chi connectivity index (χ4v) is 2.59. The Balaban J connectivity index is 2.01. The number of fused-ring (bicyclic) bond motifs is 1. The van der Waals surface area contributed by atoms with Crippen LogP contribution in [0.3, 0.4) is 0 Å². The second kappa shape index (κ2) is 5.57. The summed E-state index contributed by atoms with van der Waals surface area (Å²) in [6, 6.07) is 5.06. The van der Waals surface area contributed by atoms with Crippen LogP contribution in [0.2, 0.25) is 0 Å². The molecule has 0 unspecified atom stereocenters. The summed E-state index contributed by atoms with van der Waals surface area (Å²) >= 11 is 1.24. The number of pyridine rings is 1. The maximum atomic E-state index is 12.5. The van der Waals surface area contributed by atoms with E-state index in [9.17, 15) is 9.59 Å². The molecule has 3 aromatic rings. The van der Waals surface area contributed by atoms with E-state index in [0.717, 1.165) is 5.01 Å². The van der Waals surface area contributed by atoms with Gasteiger partial charge in [0.25, 0.3) is 5.91 Å². The van der Waals surface area contributed by atoms with Gasteiger partial charge in [0.05, 0.1) is 7.11 Å². The standard InChI is InChI=1S/C14H12N4O3S/c1-7-17-18-14(22-7)16-13(20)10-6-15-11-4-3-8(21-2)5-9(11)12(10)19/h3-6H,1-2H3,(H,15,19)(H,16,18,20). The van der Waals surface area contributed by atoms with Gasteiger partial charge < -0.3 is 9.72 Å². The predicted octanol–water partition coefficient (Wildman–Crippen LogP) is 1.95. The van der Waals surface area contributed by atoms with Crippen molar-refractivity contribution in [1.29, 1.82) is 0 Å². The first-order valence-corrected chi connectivity index (χ1v) is 7.21. The van der Waals surface area contributed by atoms with Crippen LogP contribution in [0.15, 0.2) is 29.2 Å². The van der Waals surface area contributed by atoms with Crippen molar-refractivity contribution >= 4 is 33.3 Å². The topological polar surface area (TPSA) is 97.0 Å². The number of aryl methyl sites for hydroxylation is 1. The quantitative estimate of drug-likeness (QED) is 0.770. The molecule has 7 nitrogen and oxygen atoms in total. The maximum absolute atomic E-state index is 12.5.